The molecule has 0 aromatic heterocycles. The fourth-order valence-electron chi connectivity index (χ4n) is 3.87. The van der Waals surface area contributed by atoms with Gasteiger partial charge in [-0.3, -0.25) is 4.90 Å². The number of ether oxygens (including phenoxy) is 3. The molecule has 2 rings (SSSR count). The van der Waals surface area contributed by atoms with Crippen molar-refractivity contribution in [2.24, 2.45) is 5.92 Å². The second-order valence-electron chi connectivity index (χ2n) is 7.54. The van der Waals surface area contributed by atoms with Crippen molar-refractivity contribution < 1.29 is 42.1 Å². The quantitative estimate of drug-likeness (QED) is 0.483. The van der Waals surface area contributed by atoms with Gasteiger partial charge in [-0.05, 0) is 49.8 Å². The number of esters is 1. The molecular weight excluding hydrogens is 419 g/mol. The van der Waals surface area contributed by atoms with Crippen LogP contribution in [0.15, 0.2) is 24.3 Å². The summed E-state index contributed by atoms with van der Waals surface area (Å²) in [6, 6.07) is 4.76. The highest BCUT2D eigenvalue weighted by Gasteiger charge is 2.38. The van der Waals surface area contributed by atoms with Crippen molar-refractivity contribution in [3.63, 3.8) is 0 Å². The third-order valence-electron chi connectivity index (χ3n) is 5.27. The third kappa shape index (κ3) is 7.39. The van der Waals surface area contributed by atoms with E-state index in [1.807, 2.05) is 0 Å². The van der Waals surface area contributed by atoms with Crippen LogP contribution < -0.4 is 0 Å². The SMILES string of the molecule is COCN(C(=O)O)[C@H]1CCCC(Cc2ccc(F)cc2)C(OCC(F)F)C(C)OC1=O. The summed E-state index contributed by atoms with van der Waals surface area (Å²) in [7, 11) is 1.31. The predicted octanol–water partition coefficient (Wildman–Crippen LogP) is 3.70. The van der Waals surface area contributed by atoms with Crippen molar-refractivity contribution >= 4 is 12.1 Å². The molecule has 3 unspecified atom stereocenters. The van der Waals surface area contributed by atoms with E-state index in [4.69, 9.17) is 14.2 Å². The number of methoxy groups -OCH3 is 1. The van der Waals surface area contributed by atoms with Crippen molar-refractivity contribution in [1.29, 1.82) is 0 Å². The molecule has 0 spiro atoms. The van der Waals surface area contributed by atoms with Crippen LogP contribution in [0.4, 0.5) is 18.0 Å². The molecule has 1 amide bonds. The predicted molar refractivity (Wildman–Crippen MR) is 104 cm³/mol. The van der Waals surface area contributed by atoms with Gasteiger partial charge >= 0.3 is 12.1 Å². The van der Waals surface area contributed by atoms with Crippen LogP contribution in [0.5, 0.6) is 0 Å². The Bertz CT molecular complexity index is 718. The average molecular weight is 447 g/mol. The van der Waals surface area contributed by atoms with Gasteiger partial charge in [0.2, 0.25) is 0 Å². The summed E-state index contributed by atoms with van der Waals surface area (Å²) in [4.78, 5) is 25.1. The van der Waals surface area contributed by atoms with Gasteiger partial charge in [0.25, 0.3) is 6.43 Å². The van der Waals surface area contributed by atoms with Crippen molar-refractivity contribution in [2.75, 3.05) is 20.4 Å². The molecule has 174 valence electrons. The van der Waals surface area contributed by atoms with Gasteiger partial charge in [-0.1, -0.05) is 18.6 Å². The summed E-state index contributed by atoms with van der Waals surface area (Å²) >= 11 is 0. The number of cyclic esters (lactones) is 1. The lowest BCUT2D eigenvalue weighted by Crippen LogP contribution is -2.47. The van der Waals surface area contributed by atoms with Crippen molar-refractivity contribution in [3.05, 3.63) is 35.6 Å². The minimum Gasteiger partial charge on any atom is -0.465 e. The number of hydrogen-bond donors (Lipinski definition) is 1. The van der Waals surface area contributed by atoms with E-state index in [1.165, 1.54) is 26.2 Å². The van der Waals surface area contributed by atoms with Crippen LogP contribution in [0.2, 0.25) is 0 Å². The Morgan fingerprint density at radius 1 is 1.29 bits per heavy atom. The molecule has 0 bridgehead atoms. The molecule has 0 radical (unpaired) electrons. The topological polar surface area (TPSA) is 85.3 Å². The largest absolute Gasteiger partial charge is 0.465 e. The molecule has 0 saturated carbocycles. The van der Waals surface area contributed by atoms with Gasteiger partial charge < -0.3 is 19.3 Å². The number of amides is 1. The zero-order chi connectivity index (χ0) is 23.0. The second-order valence-corrected chi connectivity index (χ2v) is 7.54. The van der Waals surface area contributed by atoms with Gasteiger partial charge in [-0.15, -0.1) is 0 Å². The molecular formula is C21H28F3NO6. The first-order valence-corrected chi connectivity index (χ1v) is 10.1. The minimum atomic E-state index is -2.70. The van der Waals surface area contributed by atoms with E-state index >= 15 is 0 Å². The Kier molecular flexibility index (Phi) is 9.57. The smallest absolute Gasteiger partial charge is 0.409 e. The maximum atomic E-state index is 13.2. The summed E-state index contributed by atoms with van der Waals surface area (Å²) in [5.41, 5.74) is 0.790. The highest BCUT2D eigenvalue weighted by atomic mass is 19.3. The van der Waals surface area contributed by atoms with E-state index in [0.717, 1.165) is 10.5 Å². The summed E-state index contributed by atoms with van der Waals surface area (Å²) in [6.45, 7) is 0.407. The molecule has 10 heteroatoms. The number of carbonyl (C=O) groups is 2. The second kappa shape index (κ2) is 11.9. The molecule has 1 aromatic rings. The van der Waals surface area contributed by atoms with Crippen LogP contribution in [0.3, 0.4) is 0 Å². The Morgan fingerprint density at radius 2 is 1.97 bits per heavy atom. The molecule has 1 aromatic carbocycles. The van der Waals surface area contributed by atoms with Crippen LogP contribution in [0.25, 0.3) is 0 Å². The molecule has 1 fully saturated rings. The summed E-state index contributed by atoms with van der Waals surface area (Å²) in [6.07, 6.45) is -4.26. The van der Waals surface area contributed by atoms with Crippen LogP contribution in [0.1, 0.15) is 31.7 Å². The maximum absolute atomic E-state index is 13.2. The van der Waals surface area contributed by atoms with E-state index in [2.05, 4.69) is 0 Å². The van der Waals surface area contributed by atoms with E-state index in [9.17, 15) is 27.9 Å². The number of alkyl halides is 2. The van der Waals surface area contributed by atoms with Crippen LogP contribution in [0, 0.1) is 11.7 Å². The van der Waals surface area contributed by atoms with Crippen molar-refractivity contribution in [1.82, 2.24) is 4.90 Å². The Labute approximate surface area is 179 Å². The van der Waals surface area contributed by atoms with Gasteiger partial charge in [-0.2, -0.15) is 0 Å². The monoisotopic (exact) mass is 447 g/mol. The lowest BCUT2D eigenvalue weighted by atomic mass is 9.86. The van der Waals surface area contributed by atoms with Crippen LogP contribution in [-0.4, -0.2) is 67.2 Å². The zero-order valence-corrected chi connectivity index (χ0v) is 17.5. The van der Waals surface area contributed by atoms with Gasteiger partial charge in [0.1, 0.15) is 31.3 Å². The van der Waals surface area contributed by atoms with Gasteiger partial charge in [0, 0.05) is 7.11 Å². The summed E-state index contributed by atoms with van der Waals surface area (Å²) in [5, 5.41) is 9.44. The van der Waals surface area contributed by atoms with Crippen LogP contribution in [-0.2, 0) is 25.4 Å². The number of hydrogen-bond acceptors (Lipinski definition) is 5. The Hall–Kier alpha value is -2.33. The number of rotatable bonds is 8. The standard InChI is InChI=1S/C21H28F3NO6/c1-13-19(30-11-18(23)24)15(10-14-6-8-16(22)9-7-14)4-3-5-17(20(26)31-13)25(12-29-2)21(27)28/h6-9,13,15,17-19H,3-5,10-12H2,1-2H3,(H,27,28)/t13?,15?,17-,19?/m0/s1. The van der Waals surface area contributed by atoms with E-state index in [-0.39, 0.29) is 24.9 Å². The number of carbonyl (C=O) groups excluding carboxylic acids is 1. The average Bonchev–Trinajstić information content (AvgIpc) is 2.75. The van der Waals surface area contributed by atoms with Gasteiger partial charge in [0.05, 0.1) is 6.10 Å². The zero-order valence-electron chi connectivity index (χ0n) is 17.5. The Morgan fingerprint density at radius 3 is 2.55 bits per heavy atom. The first-order chi connectivity index (χ1) is 14.7. The van der Waals surface area contributed by atoms with Crippen molar-refractivity contribution in [2.45, 2.75) is 57.3 Å². The van der Waals surface area contributed by atoms with E-state index in [1.54, 1.807) is 12.1 Å². The Balaban J connectivity index is 2.26. The highest BCUT2D eigenvalue weighted by Crippen LogP contribution is 2.29. The molecule has 1 aliphatic rings. The lowest BCUT2D eigenvalue weighted by molar-refractivity contribution is -0.167. The molecule has 7 nitrogen and oxygen atoms in total. The number of halogens is 3. The summed E-state index contributed by atoms with van der Waals surface area (Å²) in [5.74, 6) is -1.47. The van der Waals surface area contributed by atoms with Gasteiger partial charge in [0.15, 0.2) is 0 Å². The fourth-order valence-corrected chi connectivity index (χ4v) is 3.87. The molecule has 1 saturated heterocycles. The van der Waals surface area contributed by atoms with Gasteiger partial charge in [-0.25, -0.2) is 22.8 Å². The molecule has 0 aliphatic carbocycles. The first kappa shape index (κ1) is 24.9. The number of nitrogens with zero attached hydrogens (tertiary/aromatic N) is 1. The highest BCUT2D eigenvalue weighted by molar-refractivity contribution is 5.81. The third-order valence-corrected chi connectivity index (χ3v) is 5.27. The molecule has 4 atom stereocenters. The maximum Gasteiger partial charge on any atom is 0.409 e. The normalized spacial score (nSPS) is 24.8. The minimum absolute atomic E-state index is 0.183. The molecule has 1 aliphatic heterocycles. The number of carboxylic acid groups (broad SMARTS) is 1. The molecule has 1 heterocycles. The van der Waals surface area contributed by atoms with Crippen LogP contribution >= 0.6 is 0 Å². The first-order valence-electron chi connectivity index (χ1n) is 10.1. The lowest BCUT2D eigenvalue weighted by Gasteiger charge is -2.31. The number of benzene rings is 1. The molecule has 31 heavy (non-hydrogen) atoms. The van der Waals surface area contributed by atoms with E-state index < -0.39 is 43.3 Å². The van der Waals surface area contributed by atoms with E-state index in [0.29, 0.717) is 19.3 Å². The van der Waals surface area contributed by atoms with Crippen molar-refractivity contribution in [3.8, 4) is 0 Å². The fraction of sp³-hybridized carbons (Fsp3) is 0.619. The summed E-state index contributed by atoms with van der Waals surface area (Å²) < 4.78 is 54.7. The molecule has 1 N–H and O–H groups in total.